The quantitative estimate of drug-likeness (QED) is 0.487. The highest BCUT2D eigenvalue weighted by atomic mass is 16.4. The number of nitrogens with one attached hydrogen (secondary N) is 1. The van der Waals surface area contributed by atoms with E-state index in [4.69, 9.17) is 5.11 Å². The van der Waals surface area contributed by atoms with E-state index in [9.17, 15) is 9.59 Å². The van der Waals surface area contributed by atoms with Gasteiger partial charge in [0.2, 0.25) is 5.91 Å². The molecule has 1 heterocycles. The van der Waals surface area contributed by atoms with Crippen LogP contribution < -0.4 is 5.32 Å². The molecule has 5 nitrogen and oxygen atoms in total. The van der Waals surface area contributed by atoms with Crippen LogP contribution in [0.2, 0.25) is 0 Å². The molecule has 2 N–H and O–H groups in total. The molecule has 62 valence electrons. The van der Waals surface area contributed by atoms with Gasteiger partial charge in [-0.25, -0.2) is 0 Å². The number of carbonyl (C=O) groups is 2. The van der Waals surface area contributed by atoms with Gasteiger partial charge in [-0.2, -0.15) is 0 Å². The first-order valence-electron chi connectivity index (χ1n) is 3.31. The third kappa shape index (κ3) is 1.68. The molecule has 0 aromatic carbocycles. The van der Waals surface area contributed by atoms with Crippen LogP contribution >= 0.6 is 0 Å². The first kappa shape index (κ1) is 8.00. The second-order valence-electron chi connectivity index (χ2n) is 2.55. The molecule has 0 spiro atoms. The van der Waals surface area contributed by atoms with Gasteiger partial charge in [-0.1, -0.05) is 0 Å². The minimum Gasteiger partial charge on any atom is -0.480 e. The monoisotopic (exact) mass is 158 g/mol. The molecule has 1 rings (SSSR count). The lowest BCUT2D eigenvalue weighted by atomic mass is 10.2. The van der Waals surface area contributed by atoms with E-state index in [2.05, 4.69) is 5.32 Å². The van der Waals surface area contributed by atoms with Gasteiger partial charge >= 0.3 is 5.97 Å². The fourth-order valence-electron chi connectivity index (χ4n) is 0.951. The topological polar surface area (TPSA) is 69.6 Å². The van der Waals surface area contributed by atoms with E-state index in [1.807, 2.05) is 0 Å². The summed E-state index contributed by atoms with van der Waals surface area (Å²) in [7, 11) is 1.60. The molecule has 1 amide bonds. The number of likely N-dealkylation sites (N-methyl/N-ethyl adjacent to an activating group) is 1. The lowest BCUT2D eigenvalue weighted by Gasteiger charge is -2.27. The van der Waals surface area contributed by atoms with Crippen LogP contribution in [0.5, 0.6) is 0 Å². The number of nitrogens with zero attached hydrogens (tertiary/aromatic N) is 1. The fraction of sp³-hybridized carbons (Fsp3) is 0.667. The summed E-state index contributed by atoms with van der Waals surface area (Å²) >= 11 is 0. The maximum absolute atomic E-state index is 10.8. The van der Waals surface area contributed by atoms with Crippen molar-refractivity contribution >= 4 is 11.9 Å². The van der Waals surface area contributed by atoms with Crippen molar-refractivity contribution in [3.63, 3.8) is 0 Å². The van der Waals surface area contributed by atoms with Gasteiger partial charge in [-0.15, -0.1) is 0 Å². The molecule has 1 atom stereocenters. The van der Waals surface area contributed by atoms with Gasteiger partial charge in [-0.3, -0.25) is 14.9 Å². The molecule has 0 unspecified atom stereocenters. The van der Waals surface area contributed by atoms with Crippen molar-refractivity contribution in [2.75, 3.05) is 20.1 Å². The maximum atomic E-state index is 10.8. The predicted octanol–water partition coefficient (Wildman–Crippen LogP) is -1.50. The van der Waals surface area contributed by atoms with Crippen LogP contribution in [-0.2, 0) is 9.59 Å². The standard InChI is InChI=1S/C6H10N2O3/c1-8-3-4(6(10)11)7-2-5(8)9/h4,7H,2-3H2,1H3,(H,10,11)/t4-/m0/s1. The van der Waals surface area contributed by atoms with Gasteiger partial charge in [0, 0.05) is 13.6 Å². The Balaban J connectivity index is 2.52. The van der Waals surface area contributed by atoms with Gasteiger partial charge < -0.3 is 10.0 Å². The molecule has 5 heteroatoms. The Morgan fingerprint density at radius 1 is 1.82 bits per heavy atom. The van der Waals surface area contributed by atoms with Crippen molar-refractivity contribution in [1.82, 2.24) is 10.2 Å². The van der Waals surface area contributed by atoms with E-state index in [0.29, 0.717) is 0 Å². The number of carbonyl (C=O) groups excluding carboxylic acids is 1. The van der Waals surface area contributed by atoms with Crippen LogP contribution in [-0.4, -0.2) is 48.1 Å². The molecule has 1 saturated heterocycles. The average molecular weight is 158 g/mol. The molecule has 11 heavy (non-hydrogen) atoms. The van der Waals surface area contributed by atoms with Gasteiger partial charge in [-0.05, 0) is 0 Å². The maximum Gasteiger partial charge on any atom is 0.322 e. The summed E-state index contributed by atoms with van der Waals surface area (Å²) in [5.74, 6) is -0.980. The second kappa shape index (κ2) is 2.87. The number of carboxylic acid groups (broad SMARTS) is 1. The van der Waals surface area contributed by atoms with E-state index in [1.54, 1.807) is 7.05 Å². The second-order valence-corrected chi connectivity index (χ2v) is 2.55. The van der Waals surface area contributed by atoms with Crippen molar-refractivity contribution in [3.05, 3.63) is 0 Å². The lowest BCUT2D eigenvalue weighted by molar-refractivity contribution is -0.143. The zero-order valence-electron chi connectivity index (χ0n) is 6.20. The van der Waals surface area contributed by atoms with E-state index in [0.717, 1.165) is 0 Å². The number of piperazine rings is 1. The Kier molecular flexibility index (Phi) is 2.09. The molecule has 0 aliphatic carbocycles. The van der Waals surface area contributed by atoms with Gasteiger partial charge in [0.1, 0.15) is 6.04 Å². The van der Waals surface area contributed by atoms with Crippen LogP contribution in [0.25, 0.3) is 0 Å². The van der Waals surface area contributed by atoms with Crippen LogP contribution in [0, 0.1) is 0 Å². The predicted molar refractivity (Wildman–Crippen MR) is 37.1 cm³/mol. The molecular weight excluding hydrogens is 148 g/mol. The highest BCUT2D eigenvalue weighted by Crippen LogP contribution is 1.96. The van der Waals surface area contributed by atoms with E-state index in [-0.39, 0.29) is 19.0 Å². The molecule has 1 fully saturated rings. The summed E-state index contributed by atoms with van der Waals surface area (Å²) in [6, 6.07) is -0.613. The van der Waals surface area contributed by atoms with Gasteiger partial charge in [0.15, 0.2) is 0 Å². The average Bonchev–Trinajstić information content (AvgIpc) is 1.94. The Bertz CT molecular complexity index is 192. The highest BCUT2D eigenvalue weighted by molar-refractivity contribution is 5.83. The molecule has 0 aromatic heterocycles. The third-order valence-electron chi connectivity index (χ3n) is 1.68. The first-order chi connectivity index (χ1) is 5.11. The summed E-state index contributed by atoms with van der Waals surface area (Å²) in [5, 5.41) is 11.1. The molecule has 0 radical (unpaired) electrons. The molecule has 1 aliphatic heterocycles. The largest absolute Gasteiger partial charge is 0.480 e. The summed E-state index contributed by atoms with van der Waals surface area (Å²) in [6.07, 6.45) is 0. The van der Waals surface area contributed by atoms with Crippen molar-refractivity contribution in [2.45, 2.75) is 6.04 Å². The Hall–Kier alpha value is -1.10. The Labute approximate surface area is 64.0 Å². The minimum absolute atomic E-state index is 0.0671. The third-order valence-corrected chi connectivity index (χ3v) is 1.68. The van der Waals surface area contributed by atoms with E-state index < -0.39 is 12.0 Å². The smallest absolute Gasteiger partial charge is 0.322 e. The molecule has 0 bridgehead atoms. The Morgan fingerprint density at radius 3 is 2.91 bits per heavy atom. The number of carboxylic acids is 1. The van der Waals surface area contributed by atoms with Crippen LogP contribution in [0.3, 0.4) is 0 Å². The summed E-state index contributed by atoms with van der Waals surface area (Å²) in [5.41, 5.74) is 0. The normalized spacial score (nSPS) is 25.4. The molecule has 0 aromatic rings. The zero-order valence-corrected chi connectivity index (χ0v) is 6.20. The molecule has 1 aliphatic rings. The number of hydrogen-bond donors (Lipinski definition) is 2. The Morgan fingerprint density at radius 2 is 2.45 bits per heavy atom. The fourth-order valence-corrected chi connectivity index (χ4v) is 0.951. The van der Waals surface area contributed by atoms with Crippen LogP contribution in [0.15, 0.2) is 0 Å². The number of rotatable bonds is 1. The number of amides is 1. The first-order valence-corrected chi connectivity index (χ1v) is 3.31. The zero-order chi connectivity index (χ0) is 8.43. The molecular formula is C6H10N2O3. The van der Waals surface area contributed by atoms with Crippen LogP contribution in [0.1, 0.15) is 0 Å². The van der Waals surface area contributed by atoms with Gasteiger partial charge in [0.25, 0.3) is 0 Å². The number of hydrogen-bond acceptors (Lipinski definition) is 3. The lowest BCUT2D eigenvalue weighted by Crippen LogP contribution is -2.55. The highest BCUT2D eigenvalue weighted by Gasteiger charge is 2.26. The van der Waals surface area contributed by atoms with E-state index >= 15 is 0 Å². The summed E-state index contributed by atoms with van der Waals surface area (Å²) in [4.78, 5) is 22.7. The molecule has 0 saturated carbocycles. The minimum atomic E-state index is -0.913. The van der Waals surface area contributed by atoms with Crippen LogP contribution in [0.4, 0.5) is 0 Å². The summed E-state index contributed by atoms with van der Waals surface area (Å²) < 4.78 is 0. The number of aliphatic carboxylic acids is 1. The van der Waals surface area contributed by atoms with Gasteiger partial charge in [0.05, 0.1) is 6.54 Å². The summed E-state index contributed by atoms with van der Waals surface area (Å²) in [6.45, 7) is 0.363. The van der Waals surface area contributed by atoms with Crippen molar-refractivity contribution in [2.24, 2.45) is 0 Å². The van der Waals surface area contributed by atoms with Crippen molar-refractivity contribution in [3.8, 4) is 0 Å². The SMILES string of the molecule is CN1C[C@@H](C(=O)O)NCC1=O. The van der Waals surface area contributed by atoms with Crippen molar-refractivity contribution < 1.29 is 14.7 Å². The van der Waals surface area contributed by atoms with E-state index in [1.165, 1.54) is 4.90 Å². The van der Waals surface area contributed by atoms with Crippen molar-refractivity contribution in [1.29, 1.82) is 0 Å².